The van der Waals surface area contributed by atoms with Gasteiger partial charge in [-0.05, 0) is 88.4 Å². The van der Waals surface area contributed by atoms with E-state index < -0.39 is 0 Å². The zero-order valence-electron chi connectivity index (χ0n) is 35.4. The summed E-state index contributed by atoms with van der Waals surface area (Å²) in [7, 11) is 0. The number of fused-ring (bicyclic) bond motifs is 2. The van der Waals surface area contributed by atoms with Crippen molar-refractivity contribution in [1.29, 1.82) is 0 Å². The summed E-state index contributed by atoms with van der Waals surface area (Å²) in [6.45, 7) is 12.2. The lowest BCUT2D eigenvalue weighted by atomic mass is 10.2. The van der Waals surface area contributed by atoms with E-state index >= 15 is 0 Å². The molecule has 0 aliphatic carbocycles. The fraction of sp³-hybridized carbons (Fsp3) is 0.286. The molecule has 2 aromatic heterocycles. The molecular formula is C42H42Cl4N10O6S2. The van der Waals surface area contributed by atoms with Gasteiger partial charge in [-0.15, -0.1) is 20.5 Å². The van der Waals surface area contributed by atoms with Crippen LogP contribution in [-0.2, 0) is 28.7 Å². The van der Waals surface area contributed by atoms with E-state index in [9.17, 15) is 19.2 Å². The Hall–Kier alpha value is -5.50. The number of aromatic nitrogens is 2. The Morgan fingerprint density at radius 1 is 0.609 bits per heavy atom. The Kier molecular flexibility index (Phi) is 18.1. The third-order valence-electron chi connectivity index (χ3n) is 8.67. The first-order valence-corrected chi connectivity index (χ1v) is 22.7. The molecule has 0 spiro atoms. The van der Waals surface area contributed by atoms with Crippen molar-refractivity contribution in [2.45, 2.75) is 41.5 Å². The van der Waals surface area contributed by atoms with E-state index in [4.69, 9.17) is 55.9 Å². The second-order valence-corrected chi connectivity index (χ2v) is 16.8. The molecule has 2 amide bonds. The van der Waals surface area contributed by atoms with Gasteiger partial charge in [-0.1, -0.05) is 69.1 Å². The van der Waals surface area contributed by atoms with Crippen molar-refractivity contribution in [1.82, 2.24) is 9.97 Å². The number of halogens is 4. The molecule has 2 heterocycles. The highest BCUT2D eigenvalue weighted by Gasteiger charge is 2.17. The minimum atomic E-state index is -0.325. The lowest BCUT2D eigenvalue weighted by molar-refractivity contribution is -0.142. The van der Waals surface area contributed by atoms with Crippen molar-refractivity contribution in [2.24, 2.45) is 20.5 Å². The van der Waals surface area contributed by atoms with Crippen molar-refractivity contribution < 1.29 is 28.7 Å². The zero-order chi connectivity index (χ0) is 46.5. The highest BCUT2D eigenvalue weighted by molar-refractivity contribution is 7.22. The fourth-order valence-electron chi connectivity index (χ4n) is 5.81. The summed E-state index contributed by atoms with van der Waals surface area (Å²) in [5.74, 6) is -1.16. The Labute approximate surface area is 396 Å². The van der Waals surface area contributed by atoms with Crippen LogP contribution in [0.2, 0.25) is 20.1 Å². The lowest BCUT2D eigenvalue weighted by Crippen LogP contribution is -2.30. The molecular weight excluding hydrogens is 946 g/mol. The van der Waals surface area contributed by atoms with Crippen LogP contribution in [0.5, 0.6) is 0 Å². The number of amides is 2. The number of nitrogens with one attached hydrogen (secondary N) is 2. The number of ether oxygens (including phenoxy) is 2. The van der Waals surface area contributed by atoms with Crippen LogP contribution in [0.1, 0.15) is 41.5 Å². The van der Waals surface area contributed by atoms with Gasteiger partial charge in [-0.2, -0.15) is 0 Å². The molecule has 64 heavy (non-hydrogen) atoms. The molecule has 0 saturated heterocycles. The molecule has 0 saturated carbocycles. The molecule has 2 N–H and O–H groups in total. The Morgan fingerprint density at radius 3 is 1.58 bits per heavy atom. The van der Waals surface area contributed by atoms with E-state index in [0.29, 0.717) is 90.4 Å². The number of thiazole rings is 2. The summed E-state index contributed by atoms with van der Waals surface area (Å²) < 4.78 is 11.6. The van der Waals surface area contributed by atoms with Gasteiger partial charge in [-0.3, -0.25) is 19.2 Å². The topological polar surface area (TPSA) is 192 Å². The van der Waals surface area contributed by atoms with E-state index in [1.54, 1.807) is 74.5 Å². The van der Waals surface area contributed by atoms with Crippen LogP contribution in [0.25, 0.3) is 20.4 Å². The average Bonchev–Trinajstić information content (AvgIpc) is 3.86. The van der Waals surface area contributed by atoms with Gasteiger partial charge in [0, 0.05) is 38.3 Å². The second-order valence-electron chi connectivity index (χ2n) is 13.2. The number of carbonyl (C=O) groups is 4. The normalized spacial score (nSPS) is 11.2. The maximum absolute atomic E-state index is 11.9. The van der Waals surface area contributed by atoms with Crippen LogP contribution >= 0.6 is 69.1 Å². The molecule has 22 heteroatoms. The predicted octanol–water partition coefficient (Wildman–Crippen LogP) is 12.7. The summed E-state index contributed by atoms with van der Waals surface area (Å²) in [6, 6.07) is 17.4. The number of anilines is 4. The molecule has 0 bridgehead atoms. The smallest absolute Gasteiger partial charge is 0.325 e. The number of nitrogens with zero attached hydrogens (tertiary/aromatic N) is 8. The van der Waals surface area contributed by atoms with Gasteiger partial charge in [0.2, 0.25) is 22.1 Å². The van der Waals surface area contributed by atoms with Crippen molar-refractivity contribution >= 4 is 158 Å². The van der Waals surface area contributed by atoms with Crippen molar-refractivity contribution in [2.75, 3.05) is 59.8 Å². The van der Waals surface area contributed by atoms with E-state index in [-0.39, 0.29) is 36.8 Å². The van der Waals surface area contributed by atoms with Gasteiger partial charge < -0.3 is 29.9 Å². The number of rotatable bonds is 16. The van der Waals surface area contributed by atoms with Crippen LogP contribution < -0.4 is 20.4 Å². The van der Waals surface area contributed by atoms with Crippen LogP contribution in [0.15, 0.2) is 81.1 Å². The van der Waals surface area contributed by atoms with Gasteiger partial charge in [0.1, 0.15) is 24.5 Å². The largest absolute Gasteiger partial charge is 0.465 e. The monoisotopic (exact) mass is 986 g/mol. The van der Waals surface area contributed by atoms with Gasteiger partial charge in [0.25, 0.3) is 0 Å². The van der Waals surface area contributed by atoms with Crippen LogP contribution in [0, 0.1) is 0 Å². The molecule has 6 rings (SSSR count). The molecule has 0 atom stereocenters. The number of likely N-dealkylation sites (N-methyl/N-ethyl adjacent to an activating group) is 2. The van der Waals surface area contributed by atoms with Gasteiger partial charge in [0.15, 0.2) is 0 Å². The third-order valence-corrected chi connectivity index (χ3v) is 12.2. The molecule has 16 nitrogen and oxygen atoms in total. The fourth-order valence-corrected chi connectivity index (χ4v) is 8.32. The maximum Gasteiger partial charge on any atom is 0.325 e. The second kappa shape index (κ2) is 23.4. The number of azo groups is 2. The first kappa shape index (κ1) is 49.5. The molecule has 0 aliphatic heterocycles. The molecule has 6 aromatic rings. The molecule has 0 unspecified atom stereocenters. The third kappa shape index (κ3) is 13.5. The quantitative estimate of drug-likeness (QED) is 0.0696. The molecule has 0 aliphatic rings. The van der Waals surface area contributed by atoms with Gasteiger partial charge in [0.05, 0.1) is 65.1 Å². The highest BCUT2D eigenvalue weighted by atomic mass is 35.5. The first-order valence-electron chi connectivity index (χ1n) is 19.6. The number of benzene rings is 4. The minimum absolute atomic E-state index is 0.0970. The summed E-state index contributed by atoms with van der Waals surface area (Å²) >= 11 is 27.0. The van der Waals surface area contributed by atoms with E-state index in [1.807, 2.05) is 23.6 Å². The zero-order valence-corrected chi connectivity index (χ0v) is 40.0. The summed E-state index contributed by atoms with van der Waals surface area (Å²) in [5.41, 5.74) is 4.65. The molecule has 4 aromatic carbocycles. The number of hydrogen-bond acceptors (Lipinski definition) is 16. The SMILES string of the molecule is CCOC(=O)CN(CC)c1ccc(N=Nc2nc3cc(Cl)c(Cl)cc3s2)c(NC(C)=O)c1.CCOC(=O)CN(CC)c1ccc(N=Nc2nc3ccc(Cl)c(Cl)c3s2)c(NC(C)=O)c1. The van der Waals surface area contributed by atoms with Crippen LogP contribution in [-0.4, -0.2) is 73.1 Å². The molecule has 336 valence electrons. The molecule has 0 fully saturated rings. The predicted molar refractivity (Wildman–Crippen MR) is 258 cm³/mol. The van der Waals surface area contributed by atoms with Crippen LogP contribution in [0.4, 0.5) is 44.4 Å². The highest BCUT2D eigenvalue weighted by Crippen LogP contribution is 2.40. The van der Waals surface area contributed by atoms with E-state index in [2.05, 4.69) is 41.1 Å². The van der Waals surface area contributed by atoms with Crippen molar-refractivity contribution in [3.63, 3.8) is 0 Å². The van der Waals surface area contributed by atoms with E-state index in [0.717, 1.165) is 20.8 Å². The minimum Gasteiger partial charge on any atom is -0.465 e. The van der Waals surface area contributed by atoms with Gasteiger partial charge in [-0.25, -0.2) is 9.97 Å². The summed E-state index contributed by atoms with van der Waals surface area (Å²) in [6.07, 6.45) is 0. The average molecular weight is 989 g/mol. The van der Waals surface area contributed by atoms with Gasteiger partial charge >= 0.3 is 11.9 Å². The van der Waals surface area contributed by atoms with Crippen molar-refractivity contribution in [3.05, 3.63) is 80.8 Å². The first-order chi connectivity index (χ1) is 30.6. The number of hydrogen-bond donors (Lipinski definition) is 2. The standard InChI is InChI=1S/2C21H21Cl2N5O3S/c1-4-28(11-18(30)31-5-2)13-6-8-15(17(10-13)24-12(3)29)26-27-21-25-16-9-7-14(22)19(23)20(16)32-21;1-4-28(11-20(30)31-5-2)13-6-7-16(17(8-13)24-12(3)29)26-27-21-25-18-9-14(22)15(23)10-19(18)32-21/h2*6-10H,4-5,11H2,1-3H3,(H,24,29). The van der Waals surface area contributed by atoms with Crippen molar-refractivity contribution in [3.8, 4) is 0 Å². The Morgan fingerprint density at radius 2 is 1.09 bits per heavy atom. The Balaban J connectivity index is 0.000000241. The van der Waals surface area contributed by atoms with E-state index in [1.165, 1.54) is 36.5 Å². The molecule has 0 radical (unpaired) electrons. The summed E-state index contributed by atoms with van der Waals surface area (Å²) in [4.78, 5) is 59.7. The maximum atomic E-state index is 11.9. The summed E-state index contributed by atoms with van der Waals surface area (Å²) in [5, 5.41) is 25.0. The number of carbonyl (C=O) groups excluding carboxylic acids is 4. The lowest BCUT2D eigenvalue weighted by Gasteiger charge is -2.23. The van der Waals surface area contributed by atoms with Crippen LogP contribution in [0.3, 0.4) is 0 Å². The number of esters is 2. The Bertz CT molecular complexity index is 2690.